The van der Waals surface area contributed by atoms with Gasteiger partial charge in [0.2, 0.25) is 23.6 Å². The summed E-state index contributed by atoms with van der Waals surface area (Å²) in [5, 5.41) is 11.9. The van der Waals surface area contributed by atoms with Gasteiger partial charge in [-0.25, -0.2) is 4.39 Å². The Morgan fingerprint density at radius 1 is 0.926 bits per heavy atom. The van der Waals surface area contributed by atoms with Crippen LogP contribution in [0.3, 0.4) is 0 Å². The van der Waals surface area contributed by atoms with Crippen LogP contribution in [-0.4, -0.2) is 59.6 Å². The van der Waals surface area contributed by atoms with Gasteiger partial charge in [-0.15, -0.1) is 0 Å². The van der Waals surface area contributed by atoms with E-state index in [-0.39, 0.29) is 66.3 Å². The highest BCUT2D eigenvalue weighted by Crippen LogP contribution is 2.40. The van der Waals surface area contributed by atoms with Crippen molar-refractivity contribution in [3.8, 4) is 0 Å². The van der Waals surface area contributed by atoms with Gasteiger partial charge in [0.1, 0.15) is 23.6 Å². The molecular weight excluding hydrogens is 706 g/mol. The van der Waals surface area contributed by atoms with Crippen LogP contribution in [0.15, 0.2) is 42.5 Å². The summed E-state index contributed by atoms with van der Waals surface area (Å²) in [5.41, 5.74) is -1.47. The Balaban J connectivity index is 1.47. The molecule has 2 unspecified atom stereocenters. The van der Waals surface area contributed by atoms with Crippen molar-refractivity contribution in [3.63, 3.8) is 0 Å². The average Bonchev–Trinajstić information content (AvgIpc) is 3.51. The molecule has 5 atom stereocenters. The van der Waals surface area contributed by atoms with Crippen molar-refractivity contribution in [2.75, 3.05) is 13.2 Å². The summed E-state index contributed by atoms with van der Waals surface area (Å²) in [6.45, 7) is 8.56. The number of aromatic amines is 1. The number of rotatable bonds is 14. The van der Waals surface area contributed by atoms with Crippen LogP contribution in [0.25, 0.3) is 10.9 Å². The molecule has 1 saturated heterocycles. The minimum atomic E-state index is -4.63. The molecule has 1 aliphatic carbocycles. The van der Waals surface area contributed by atoms with Crippen molar-refractivity contribution in [1.82, 2.24) is 26.3 Å². The molecular formula is C40H51F4N5O5. The number of hydrogen-bond donors (Lipinski definition) is 5. The minimum Gasteiger partial charge on any atom is -0.381 e. The lowest BCUT2D eigenvalue weighted by Crippen LogP contribution is -2.67. The summed E-state index contributed by atoms with van der Waals surface area (Å²) in [4.78, 5) is 58.5. The summed E-state index contributed by atoms with van der Waals surface area (Å²) in [5.74, 6) is -3.14. The van der Waals surface area contributed by atoms with Crippen molar-refractivity contribution < 1.29 is 41.5 Å². The van der Waals surface area contributed by atoms with Crippen molar-refractivity contribution in [1.29, 1.82) is 0 Å². The molecule has 54 heavy (non-hydrogen) atoms. The molecule has 14 heteroatoms. The Morgan fingerprint density at radius 2 is 1.63 bits per heavy atom. The van der Waals surface area contributed by atoms with E-state index in [2.05, 4.69) is 26.3 Å². The third-order valence-corrected chi connectivity index (χ3v) is 11.2. The van der Waals surface area contributed by atoms with E-state index in [1.165, 1.54) is 24.3 Å². The van der Waals surface area contributed by atoms with Crippen LogP contribution in [0.2, 0.25) is 0 Å². The smallest absolute Gasteiger partial charge is 0.381 e. The zero-order valence-electron chi connectivity index (χ0n) is 31.3. The predicted molar refractivity (Wildman–Crippen MR) is 195 cm³/mol. The SMILES string of the molecule is CCC(C)[C@H](NC(=O)Cc1ccccc1F)C(=O)NC1(C(=O)N[C@@H](NC(=O)CC2CCOCC2)[C@@H](C)CC)CCc2[nH]c3c(C(F)(F)F)cccc3c2C1. The highest BCUT2D eigenvalue weighted by Gasteiger charge is 2.47. The van der Waals surface area contributed by atoms with E-state index >= 15 is 0 Å². The van der Waals surface area contributed by atoms with Gasteiger partial charge in [-0.1, -0.05) is 64.4 Å². The van der Waals surface area contributed by atoms with E-state index in [1.54, 1.807) is 19.1 Å². The number of aromatic nitrogens is 1. The monoisotopic (exact) mass is 757 g/mol. The molecule has 5 rings (SSSR count). The topological polar surface area (TPSA) is 141 Å². The number of halogens is 4. The highest BCUT2D eigenvalue weighted by atomic mass is 19.4. The number of carbonyl (C=O) groups excluding carboxylic acids is 4. The number of H-pyrrole nitrogens is 1. The van der Waals surface area contributed by atoms with E-state index in [0.717, 1.165) is 18.9 Å². The molecule has 1 aromatic heterocycles. The molecule has 294 valence electrons. The Hall–Kier alpha value is -4.46. The second-order valence-corrected chi connectivity index (χ2v) is 14.9. The van der Waals surface area contributed by atoms with Crippen LogP contribution in [0.4, 0.5) is 17.6 Å². The number of carbonyl (C=O) groups is 4. The third-order valence-electron chi connectivity index (χ3n) is 11.2. The van der Waals surface area contributed by atoms with Crippen LogP contribution < -0.4 is 21.3 Å². The van der Waals surface area contributed by atoms with Gasteiger partial charge in [0, 0.05) is 37.1 Å². The first-order valence-electron chi connectivity index (χ1n) is 18.9. The molecule has 10 nitrogen and oxygen atoms in total. The number of ether oxygens (including phenoxy) is 1. The molecule has 4 amide bonds. The molecule has 1 aliphatic heterocycles. The lowest BCUT2D eigenvalue weighted by molar-refractivity contribution is -0.138. The fourth-order valence-corrected chi connectivity index (χ4v) is 7.40. The molecule has 2 heterocycles. The van der Waals surface area contributed by atoms with Crippen LogP contribution >= 0.6 is 0 Å². The van der Waals surface area contributed by atoms with Crippen LogP contribution in [-0.2, 0) is 49.4 Å². The van der Waals surface area contributed by atoms with Gasteiger partial charge in [0.25, 0.3) is 0 Å². The maximum atomic E-state index is 14.7. The molecule has 1 fully saturated rings. The highest BCUT2D eigenvalue weighted by molar-refractivity contribution is 5.97. The molecule has 5 N–H and O–H groups in total. The zero-order valence-corrected chi connectivity index (χ0v) is 31.3. The van der Waals surface area contributed by atoms with Crippen molar-refractivity contribution in [3.05, 3.63) is 70.7 Å². The molecule has 0 bridgehead atoms. The van der Waals surface area contributed by atoms with Gasteiger partial charge in [-0.05, 0) is 73.1 Å². The third kappa shape index (κ3) is 9.42. The van der Waals surface area contributed by atoms with Crippen molar-refractivity contribution in [2.45, 2.75) is 109 Å². The molecule has 0 spiro atoms. The normalized spacial score (nSPS) is 19.9. The Labute approximate surface area is 312 Å². The standard InChI is InChI=1S/C40H51F4N5O5/c1-5-23(3)34(46-33(51)21-26-10-7-8-13-30(26)41)37(52)49-39(17-14-31-28(22-39)27-11-9-12-29(35(27)45-31)40(42,43)44)38(53)48-36(24(4)6-2)47-32(50)20-25-15-18-54-19-16-25/h7-13,23-25,34,36,45H,5-6,14-22H2,1-4H3,(H,46,51)(H,47,50)(H,48,53)(H,49,52)/t23?,24-,34-,36+,39?/m0/s1. The van der Waals surface area contributed by atoms with E-state index in [0.29, 0.717) is 37.3 Å². The first kappa shape index (κ1) is 40.7. The summed E-state index contributed by atoms with van der Waals surface area (Å²) in [7, 11) is 0. The summed E-state index contributed by atoms with van der Waals surface area (Å²) in [6, 6.07) is 8.57. The van der Waals surface area contributed by atoms with Gasteiger partial charge in [0.05, 0.1) is 17.5 Å². The fraction of sp³-hybridized carbons (Fsp3) is 0.550. The quantitative estimate of drug-likeness (QED) is 0.104. The molecule has 0 radical (unpaired) electrons. The number of amides is 4. The number of hydrogen-bond acceptors (Lipinski definition) is 5. The van der Waals surface area contributed by atoms with E-state index in [9.17, 15) is 36.7 Å². The zero-order chi connectivity index (χ0) is 39.2. The predicted octanol–water partition coefficient (Wildman–Crippen LogP) is 5.86. The number of aryl methyl sites for hydroxylation is 1. The van der Waals surface area contributed by atoms with Crippen LogP contribution in [0, 0.1) is 23.6 Å². The van der Waals surface area contributed by atoms with Gasteiger partial charge in [-0.3, -0.25) is 19.2 Å². The lowest BCUT2D eigenvalue weighted by atomic mass is 9.78. The summed E-state index contributed by atoms with van der Waals surface area (Å²) < 4.78 is 62.0. The fourth-order valence-electron chi connectivity index (χ4n) is 7.40. The Morgan fingerprint density at radius 3 is 2.30 bits per heavy atom. The summed E-state index contributed by atoms with van der Waals surface area (Å²) in [6.07, 6.45) is -2.93. The molecule has 3 aromatic rings. The van der Waals surface area contributed by atoms with Crippen LogP contribution in [0.5, 0.6) is 0 Å². The molecule has 0 saturated carbocycles. The maximum absolute atomic E-state index is 14.7. The van der Waals surface area contributed by atoms with Crippen molar-refractivity contribution >= 4 is 34.5 Å². The second kappa shape index (κ2) is 17.3. The van der Waals surface area contributed by atoms with E-state index < -0.39 is 58.9 Å². The van der Waals surface area contributed by atoms with E-state index in [1.807, 2.05) is 20.8 Å². The number of fused-ring (bicyclic) bond motifs is 3. The van der Waals surface area contributed by atoms with Gasteiger partial charge < -0.3 is 31.0 Å². The first-order chi connectivity index (χ1) is 25.7. The number of nitrogens with one attached hydrogen (secondary N) is 5. The van der Waals surface area contributed by atoms with Crippen LogP contribution in [0.1, 0.15) is 88.6 Å². The Kier molecular flexibility index (Phi) is 13.1. The van der Waals surface area contributed by atoms with Gasteiger partial charge >= 0.3 is 6.18 Å². The molecule has 2 aliphatic rings. The number of benzene rings is 2. The number of para-hydroxylation sites is 1. The average molecular weight is 758 g/mol. The first-order valence-corrected chi connectivity index (χ1v) is 18.9. The molecule has 2 aromatic carbocycles. The lowest BCUT2D eigenvalue weighted by Gasteiger charge is -2.40. The Bertz CT molecular complexity index is 1820. The second-order valence-electron chi connectivity index (χ2n) is 14.9. The van der Waals surface area contributed by atoms with Gasteiger partial charge in [0.15, 0.2) is 0 Å². The van der Waals surface area contributed by atoms with Gasteiger partial charge in [-0.2, -0.15) is 13.2 Å². The largest absolute Gasteiger partial charge is 0.418 e. The minimum absolute atomic E-state index is 0.0192. The van der Waals surface area contributed by atoms with Crippen molar-refractivity contribution in [2.24, 2.45) is 17.8 Å². The summed E-state index contributed by atoms with van der Waals surface area (Å²) >= 11 is 0. The number of alkyl halides is 3. The maximum Gasteiger partial charge on any atom is 0.418 e. The van der Waals surface area contributed by atoms with E-state index in [4.69, 9.17) is 4.74 Å².